The summed E-state index contributed by atoms with van der Waals surface area (Å²) in [6.07, 6.45) is 0.429. The molecule has 2 aliphatic heterocycles. The van der Waals surface area contributed by atoms with E-state index in [0.29, 0.717) is 0 Å². The number of carbonyl (C=O) groups excluding carboxylic acids is 2. The molecule has 0 aliphatic carbocycles. The van der Waals surface area contributed by atoms with Crippen molar-refractivity contribution in [2.24, 2.45) is 5.92 Å². The molecule has 1 fully saturated rings. The van der Waals surface area contributed by atoms with Crippen molar-refractivity contribution in [3.05, 3.63) is 23.9 Å². The number of nitrogens with one attached hydrogen (secondary N) is 1. The summed E-state index contributed by atoms with van der Waals surface area (Å²) in [7, 11) is 0. The van der Waals surface area contributed by atoms with Crippen LogP contribution in [-0.2, 0) is 14.3 Å². The first-order chi connectivity index (χ1) is 11.6. The maximum Gasteiger partial charge on any atom is 0.408 e. The average Bonchev–Trinajstić information content (AvgIpc) is 2.96. The quantitative estimate of drug-likeness (QED) is 0.714. The molecule has 0 aromatic carbocycles. The summed E-state index contributed by atoms with van der Waals surface area (Å²) < 4.78 is 5.13. The highest BCUT2D eigenvalue weighted by molar-refractivity contribution is 5.91. The van der Waals surface area contributed by atoms with Gasteiger partial charge in [0.15, 0.2) is 0 Å². The monoisotopic (exact) mass is 348 g/mol. The van der Waals surface area contributed by atoms with Gasteiger partial charge < -0.3 is 15.2 Å². The number of carboxylic acid groups (broad SMARTS) is 1. The number of ether oxygens (including phenoxy) is 1. The van der Waals surface area contributed by atoms with E-state index in [2.05, 4.69) is 11.9 Å². The highest BCUT2D eigenvalue weighted by atomic mass is 16.6. The number of carbonyl (C=O) groups is 3. The molecule has 0 bridgehead atoms. The molecule has 9 heteroatoms. The Balaban J connectivity index is 2.22. The third kappa shape index (κ3) is 3.64. The lowest BCUT2D eigenvalue weighted by atomic mass is 10.0. The Bertz CT molecular complexity index is 700. The van der Waals surface area contributed by atoms with E-state index in [1.807, 2.05) is 6.07 Å². The number of carboxylic acids is 1. The molecule has 2 aliphatic rings. The van der Waals surface area contributed by atoms with E-state index in [4.69, 9.17) is 4.74 Å². The van der Waals surface area contributed by atoms with E-state index in [9.17, 15) is 24.8 Å². The number of rotatable bonds is 4. The molecular formula is C16H20N4O5. The zero-order valence-corrected chi connectivity index (χ0v) is 14.3. The standard InChI is InChI=1S/C16H20N4O5/c1-5-10(14(22)23)12-9(6-17)7-19-8-11(13(21)20(12)19)18-15(24)25-16(2,3)4/h5,10-11H,1,7-8H2,2-4H3,(H,18,24)(H,22,23)/t10?,11-/m0/s1. The zero-order valence-electron chi connectivity index (χ0n) is 14.3. The van der Waals surface area contributed by atoms with Crippen LogP contribution in [0.5, 0.6) is 0 Å². The molecule has 0 radical (unpaired) electrons. The van der Waals surface area contributed by atoms with Crippen LogP contribution in [0.2, 0.25) is 0 Å². The fourth-order valence-corrected chi connectivity index (χ4v) is 2.75. The van der Waals surface area contributed by atoms with Crippen LogP contribution in [0.4, 0.5) is 4.79 Å². The fraction of sp³-hybridized carbons (Fsp3) is 0.500. The van der Waals surface area contributed by atoms with Crippen molar-refractivity contribution in [3.8, 4) is 6.07 Å². The molecule has 1 unspecified atom stereocenters. The second kappa shape index (κ2) is 6.57. The number of nitriles is 1. The molecule has 0 aromatic rings. The predicted octanol–water partition coefficient (Wildman–Crippen LogP) is 0.617. The Labute approximate surface area is 145 Å². The number of aliphatic carboxylic acids is 1. The number of hydrogen-bond acceptors (Lipinski definition) is 6. The zero-order chi connectivity index (χ0) is 18.9. The summed E-state index contributed by atoms with van der Waals surface area (Å²) in [4.78, 5) is 36.0. The Morgan fingerprint density at radius 1 is 1.52 bits per heavy atom. The summed E-state index contributed by atoms with van der Waals surface area (Å²) in [5, 5.41) is 23.7. The second-order valence-electron chi connectivity index (χ2n) is 6.72. The van der Waals surface area contributed by atoms with Crippen LogP contribution in [0.1, 0.15) is 20.8 Å². The maximum absolute atomic E-state index is 12.6. The summed E-state index contributed by atoms with van der Waals surface area (Å²) in [6, 6.07) is 1.06. The van der Waals surface area contributed by atoms with Crippen molar-refractivity contribution in [3.63, 3.8) is 0 Å². The summed E-state index contributed by atoms with van der Waals surface area (Å²) in [6.45, 7) is 8.79. The van der Waals surface area contributed by atoms with E-state index in [0.717, 1.165) is 5.01 Å². The van der Waals surface area contributed by atoms with Gasteiger partial charge >= 0.3 is 12.1 Å². The molecular weight excluding hydrogens is 328 g/mol. The van der Waals surface area contributed by atoms with Gasteiger partial charge in [0.2, 0.25) is 0 Å². The second-order valence-corrected chi connectivity index (χ2v) is 6.72. The van der Waals surface area contributed by atoms with Gasteiger partial charge in [-0.2, -0.15) is 5.26 Å². The highest BCUT2D eigenvalue weighted by Crippen LogP contribution is 2.34. The van der Waals surface area contributed by atoms with Crippen LogP contribution in [0.25, 0.3) is 0 Å². The van der Waals surface area contributed by atoms with Gasteiger partial charge in [0.05, 0.1) is 23.9 Å². The van der Waals surface area contributed by atoms with E-state index >= 15 is 0 Å². The van der Waals surface area contributed by atoms with Crippen molar-refractivity contribution in [1.29, 1.82) is 5.26 Å². The Hall–Kier alpha value is -2.86. The van der Waals surface area contributed by atoms with E-state index in [1.54, 1.807) is 20.8 Å². The number of alkyl carbamates (subject to hydrolysis) is 1. The Morgan fingerprint density at radius 2 is 2.16 bits per heavy atom. The van der Waals surface area contributed by atoms with Crippen LogP contribution in [-0.4, -0.2) is 57.8 Å². The number of hydrazine groups is 1. The van der Waals surface area contributed by atoms with E-state index < -0.39 is 35.5 Å². The predicted molar refractivity (Wildman–Crippen MR) is 85.5 cm³/mol. The van der Waals surface area contributed by atoms with Gasteiger partial charge in [-0.15, -0.1) is 6.58 Å². The lowest BCUT2D eigenvalue weighted by Crippen LogP contribution is -2.45. The molecule has 2 rings (SSSR count). The Kier molecular flexibility index (Phi) is 4.85. The highest BCUT2D eigenvalue weighted by Gasteiger charge is 2.48. The SMILES string of the molecule is C=CC(C(=O)O)C1=C(C#N)CN2C[C@H](NC(=O)OC(C)(C)C)C(=O)N12. The molecule has 2 atom stereocenters. The summed E-state index contributed by atoms with van der Waals surface area (Å²) in [5.41, 5.74) is -0.446. The summed E-state index contributed by atoms with van der Waals surface area (Å²) >= 11 is 0. The van der Waals surface area contributed by atoms with E-state index in [-0.39, 0.29) is 24.4 Å². The molecule has 0 saturated carbocycles. The van der Waals surface area contributed by atoms with Crippen molar-refractivity contribution in [2.75, 3.05) is 13.1 Å². The largest absolute Gasteiger partial charge is 0.481 e. The van der Waals surface area contributed by atoms with Crippen molar-refractivity contribution < 1.29 is 24.2 Å². The van der Waals surface area contributed by atoms with Gasteiger partial charge in [-0.25, -0.2) is 14.8 Å². The molecule has 0 spiro atoms. The van der Waals surface area contributed by atoms with Gasteiger partial charge in [-0.1, -0.05) is 6.08 Å². The molecule has 134 valence electrons. The lowest BCUT2D eigenvalue weighted by Gasteiger charge is -2.24. The van der Waals surface area contributed by atoms with Gasteiger partial charge in [0.1, 0.15) is 17.6 Å². The number of amides is 2. The molecule has 1 saturated heterocycles. The fourth-order valence-electron chi connectivity index (χ4n) is 2.75. The number of hydrogen-bond donors (Lipinski definition) is 2. The van der Waals surface area contributed by atoms with Gasteiger partial charge in [-0.3, -0.25) is 9.59 Å². The first kappa shape index (κ1) is 18.5. The van der Waals surface area contributed by atoms with Crippen LogP contribution in [0.15, 0.2) is 23.9 Å². The first-order valence-electron chi connectivity index (χ1n) is 7.66. The smallest absolute Gasteiger partial charge is 0.408 e. The van der Waals surface area contributed by atoms with Crippen molar-refractivity contribution in [1.82, 2.24) is 15.3 Å². The third-order valence-electron chi connectivity index (χ3n) is 3.68. The van der Waals surface area contributed by atoms with Crippen LogP contribution >= 0.6 is 0 Å². The Morgan fingerprint density at radius 3 is 2.64 bits per heavy atom. The molecule has 9 nitrogen and oxygen atoms in total. The molecule has 25 heavy (non-hydrogen) atoms. The molecule has 2 N–H and O–H groups in total. The first-order valence-corrected chi connectivity index (χ1v) is 7.66. The number of fused-ring (bicyclic) bond motifs is 1. The van der Waals surface area contributed by atoms with Gasteiger partial charge in [-0.05, 0) is 20.8 Å². The van der Waals surface area contributed by atoms with Crippen LogP contribution in [0.3, 0.4) is 0 Å². The molecule has 2 amide bonds. The maximum atomic E-state index is 12.6. The van der Waals surface area contributed by atoms with Gasteiger partial charge in [0, 0.05) is 6.54 Å². The van der Waals surface area contributed by atoms with Crippen LogP contribution in [0, 0.1) is 17.2 Å². The topological polar surface area (TPSA) is 123 Å². The minimum absolute atomic E-state index is 0.0727. The molecule has 0 aromatic heterocycles. The average molecular weight is 348 g/mol. The lowest BCUT2D eigenvalue weighted by molar-refractivity contribution is -0.141. The van der Waals surface area contributed by atoms with Crippen molar-refractivity contribution >= 4 is 18.0 Å². The minimum atomic E-state index is -1.21. The van der Waals surface area contributed by atoms with Crippen molar-refractivity contribution in [2.45, 2.75) is 32.4 Å². The van der Waals surface area contributed by atoms with Gasteiger partial charge in [0.25, 0.3) is 5.91 Å². The normalized spacial score (nSPS) is 21.6. The summed E-state index contributed by atoms with van der Waals surface area (Å²) in [5.74, 6) is -2.92. The molecule has 2 heterocycles. The van der Waals surface area contributed by atoms with Crippen LogP contribution < -0.4 is 5.32 Å². The third-order valence-corrected chi connectivity index (χ3v) is 3.68. The van der Waals surface area contributed by atoms with E-state index in [1.165, 1.54) is 11.1 Å². The minimum Gasteiger partial charge on any atom is -0.481 e. The number of nitrogens with zero attached hydrogens (tertiary/aromatic N) is 3.